The number of hydrogen-bond donors (Lipinski definition) is 1. The van der Waals surface area contributed by atoms with Crippen LogP contribution in [0.1, 0.15) is 6.92 Å². The Morgan fingerprint density at radius 2 is 2.27 bits per heavy atom. The van der Waals surface area contributed by atoms with E-state index in [9.17, 15) is 0 Å². The van der Waals surface area contributed by atoms with Crippen LogP contribution in [0.3, 0.4) is 0 Å². The molecule has 2 heterocycles. The molecule has 0 spiro atoms. The summed E-state index contributed by atoms with van der Waals surface area (Å²) in [6, 6.07) is 7.36. The average molecular weight is 204 g/mol. The van der Waals surface area contributed by atoms with E-state index in [0.29, 0.717) is 18.1 Å². The Balaban J connectivity index is 2.34. The third-order valence-corrected chi connectivity index (χ3v) is 1.88. The smallest absolute Gasteiger partial charge is 0.163 e. The molecule has 2 N–H and O–H groups in total. The molecule has 78 valence electrons. The predicted molar refractivity (Wildman–Crippen MR) is 57.0 cm³/mol. The second-order valence-electron chi connectivity index (χ2n) is 2.96. The van der Waals surface area contributed by atoms with E-state index in [0.717, 1.165) is 5.69 Å². The van der Waals surface area contributed by atoms with Crippen molar-refractivity contribution in [3.63, 3.8) is 0 Å². The first-order valence-electron chi connectivity index (χ1n) is 4.71. The van der Waals surface area contributed by atoms with Crippen molar-refractivity contribution < 1.29 is 4.84 Å². The highest BCUT2D eigenvalue weighted by Crippen LogP contribution is 2.16. The van der Waals surface area contributed by atoms with Crippen LogP contribution in [0.5, 0.6) is 0 Å². The molecule has 2 aromatic heterocycles. The summed E-state index contributed by atoms with van der Waals surface area (Å²) >= 11 is 0. The maximum atomic E-state index is 5.71. The van der Waals surface area contributed by atoms with Gasteiger partial charge in [0.1, 0.15) is 12.3 Å². The second-order valence-corrected chi connectivity index (χ2v) is 2.96. The van der Waals surface area contributed by atoms with E-state index in [4.69, 9.17) is 10.6 Å². The van der Waals surface area contributed by atoms with Crippen molar-refractivity contribution in [3.8, 4) is 11.4 Å². The number of pyridine rings is 1. The Labute approximate surface area is 87.5 Å². The van der Waals surface area contributed by atoms with Crippen LogP contribution >= 0.6 is 0 Å². The molecular formula is C10H12N4O. The van der Waals surface area contributed by atoms with Crippen LogP contribution in [0.25, 0.3) is 11.4 Å². The van der Waals surface area contributed by atoms with Crippen molar-refractivity contribution in [3.05, 3.63) is 30.5 Å². The quantitative estimate of drug-likeness (QED) is 0.809. The molecule has 0 radical (unpaired) electrons. The summed E-state index contributed by atoms with van der Waals surface area (Å²) in [5.74, 6) is 0.470. The normalized spacial score (nSPS) is 10.2. The molecule has 0 aliphatic rings. The molecule has 0 aliphatic carbocycles. The lowest BCUT2D eigenvalue weighted by atomic mass is 10.3. The van der Waals surface area contributed by atoms with Gasteiger partial charge in [-0.3, -0.25) is 4.98 Å². The molecule has 5 heteroatoms. The lowest BCUT2D eigenvalue weighted by Crippen LogP contribution is -2.14. The highest BCUT2D eigenvalue weighted by atomic mass is 16.7. The highest BCUT2D eigenvalue weighted by molar-refractivity contribution is 5.57. The molecule has 0 unspecified atom stereocenters. The number of nitrogens with zero attached hydrogens (tertiary/aromatic N) is 3. The summed E-state index contributed by atoms with van der Waals surface area (Å²) in [7, 11) is 0. The van der Waals surface area contributed by atoms with Gasteiger partial charge >= 0.3 is 0 Å². The number of nitrogens with two attached hydrogens (primary N) is 1. The van der Waals surface area contributed by atoms with E-state index >= 15 is 0 Å². The van der Waals surface area contributed by atoms with Gasteiger partial charge in [0.15, 0.2) is 5.82 Å². The number of rotatable bonds is 3. The van der Waals surface area contributed by atoms with Gasteiger partial charge in [0, 0.05) is 12.3 Å². The molecule has 0 aromatic carbocycles. The summed E-state index contributed by atoms with van der Waals surface area (Å²) < 4.78 is 0. The molecule has 0 amide bonds. The largest absolute Gasteiger partial charge is 0.395 e. The Morgan fingerprint density at radius 1 is 1.40 bits per heavy atom. The predicted octanol–water partition coefficient (Wildman–Crippen LogP) is 0.976. The number of anilines is 1. The zero-order valence-electron chi connectivity index (χ0n) is 8.42. The lowest BCUT2D eigenvalue weighted by Gasteiger charge is -2.01. The van der Waals surface area contributed by atoms with Gasteiger partial charge in [-0.25, -0.2) is 0 Å². The van der Waals surface area contributed by atoms with Gasteiger partial charge in [0.2, 0.25) is 0 Å². The van der Waals surface area contributed by atoms with Crippen molar-refractivity contribution in [2.24, 2.45) is 0 Å². The van der Waals surface area contributed by atoms with Gasteiger partial charge in [0.05, 0.1) is 5.69 Å². The molecule has 5 nitrogen and oxygen atoms in total. The van der Waals surface area contributed by atoms with Crippen molar-refractivity contribution >= 4 is 5.82 Å². The number of nitrogen functional groups attached to an aromatic ring is 1. The molecular weight excluding hydrogens is 192 g/mol. The minimum absolute atomic E-state index is 0.470. The fourth-order valence-corrected chi connectivity index (χ4v) is 1.24. The van der Waals surface area contributed by atoms with Crippen LogP contribution in [0.15, 0.2) is 30.5 Å². The zero-order valence-corrected chi connectivity index (χ0v) is 8.42. The summed E-state index contributed by atoms with van der Waals surface area (Å²) in [6.45, 7) is 2.40. The van der Waals surface area contributed by atoms with E-state index in [-0.39, 0.29) is 0 Å². The van der Waals surface area contributed by atoms with Crippen LogP contribution in [0.2, 0.25) is 0 Å². The van der Waals surface area contributed by atoms with Gasteiger partial charge < -0.3 is 10.6 Å². The zero-order chi connectivity index (χ0) is 10.7. The molecule has 0 aliphatic heterocycles. The first-order valence-corrected chi connectivity index (χ1v) is 4.71. The van der Waals surface area contributed by atoms with E-state index in [1.54, 1.807) is 12.3 Å². The standard InChI is InChI=1S/C10H12N4O/c1-2-15-14-10(11)7-9(13-14)8-5-3-4-6-12-8/h3-7H,2,11H2,1H3. The SMILES string of the molecule is CCOn1nc(-c2ccccn2)cc1N. The maximum Gasteiger partial charge on any atom is 0.163 e. The van der Waals surface area contributed by atoms with Crippen LogP contribution in [-0.2, 0) is 0 Å². The third-order valence-electron chi connectivity index (χ3n) is 1.88. The molecule has 15 heavy (non-hydrogen) atoms. The second kappa shape index (κ2) is 4.00. The van der Waals surface area contributed by atoms with Crippen molar-refractivity contribution in [1.29, 1.82) is 0 Å². The molecule has 0 saturated heterocycles. The van der Waals surface area contributed by atoms with Crippen molar-refractivity contribution in [2.45, 2.75) is 6.92 Å². The Kier molecular flexibility index (Phi) is 2.53. The first-order chi connectivity index (χ1) is 7.31. The average Bonchev–Trinajstić information content (AvgIpc) is 2.63. The summed E-state index contributed by atoms with van der Waals surface area (Å²) in [6.07, 6.45) is 1.71. The minimum atomic E-state index is 0.470. The molecule has 0 fully saturated rings. The Bertz CT molecular complexity index is 438. The van der Waals surface area contributed by atoms with E-state index < -0.39 is 0 Å². The molecule has 2 aromatic rings. The summed E-state index contributed by atoms with van der Waals surface area (Å²) in [4.78, 5) is 10.7. The van der Waals surface area contributed by atoms with Crippen LogP contribution < -0.4 is 10.6 Å². The topological polar surface area (TPSA) is 66.0 Å². The molecule has 0 bridgehead atoms. The van der Waals surface area contributed by atoms with Crippen molar-refractivity contribution in [1.82, 2.24) is 14.9 Å². The third kappa shape index (κ3) is 1.90. The number of aromatic nitrogens is 3. The maximum absolute atomic E-state index is 5.71. The Morgan fingerprint density at radius 3 is 2.93 bits per heavy atom. The van der Waals surface area contributed by atoms with Crippen LogP contribution in [-0.4, -0.2) is 21.5 Å². The summed E-state index contributed by atoms with van der Waals surface area (Å²) in [5.41, 5.74) is 7.20. The molecule has 0 saturated carbocycles. The Hall–Kier alpha value is -2.04. The summed E-state index contributed by atoms with van der Waals surface area (Å²) in [5, 5.41) is 4.18. The van der Waals surface area contributed by atoms with Gasteiger partial charge in [-0.2, -0.15) is 0 Å². The van der Waals surface area contributed by atoms with Gasteiger partial charge in [-0.1, -0.05) is 10.9 Å². The van der Waals surface area contributed by atoms with E-state index in [1.807, 2.05) is 25.1 Å². The highest BCUT2D eigenvalue weighted by Gasteiger charge is 2.07. The fourth-order valence-electron chi connectivity index (χ4n) is 1.24. The van der Waals surface area contributed by atoms with Gasteiger partial charge in [0.25, 0.3) is 0 Å². The van der Waals surface area contributed by atoms with Crippen molar-refractivity contribution in [2.75, 3.05) is 12.3 Å². The monoisotopic (exact) mass is 204 g/mol. The fraction of sp³-hybridized carbons (Fsp3) is 0.200. The van der Waals surface area contributed by atoms with E-state index in [2.05, 4.69) is 10.1 Å². The van der Waals surface area contributed by atoms with Gasteiger partial charge in [-0.05, 0) is 19.1 Å². The first kappa shape index (κ1) is 9.51. The van der Waals surface area contributed by atoms with Crippen LogP contribution in [0, 0.1) is 0 Å². The van der Waals surface area contributed by atoms with Crippen LogP contribution in [0.4, 0.5) is 5.82 Å². The number of hydrogen-bond acceptors (Lipinski definition) is 4. The van der Waals surface area contributed by atoms with E-state index in [1.165, 1.54) is 4.85 Å². The minimum Gasteiger partial charge on any atom is -0.395 e. The molecule has 0 atom stereocenters. The van der Waals surface area contributed by atoms with Gasteiger partial charge in [-0.15, -0.1) is 5.10 Å². The lowest BCUT2D eigenvalue weighted by molar-refractivity contribution is 0.0983. The molecule has 2 rings (SSSR count).